The number of hydrogen-bond acceptors (Lipinski definition) is 4. The van der Waals surface area contributed by atoms with Gasteiger partial charge in [0.1, 0.15) is 12.0 Å². The molecule has 0 radical (unpaired) electrons. The van der Waals surface area contributed by atoms with Gasteiger partial charge in [0, 0.05) is 6.07 Å². The number of allylic oxidation sites excluding steroid dienone is 2. The van der Waals surface area contributed by atoms with Crippen LogP contribution in [-0.2, 0) is 16.1 Å². The number of nitrogens with zero attached hydrogens (tertiary/aromatic N) is 1. The Morgan fingerprint density at radius 2 is 2.11 bits per heavy atom. The molecule has 6 nitrogen and oxygen atoms in total. The number of aromatic nitrogens is 1. The minimum Gasteiger partial charge on any atom is -0.481 e. The molecular formula is C13H14N2O4. The van der Waals surface area contributed by atoms with E-state index in [1.807, 2.05) is 12.2 Å². The van der Waals surface area contributed by atoms with Crippen LogP contribution in [0.1, 0.15) is 12.1 Å². The fourth-order valence-electron chi connectivity index (χ4n) is 3.14. The average molecular weight is 262 g/mol. The van der Waals surface area contributed by atoms with E-state index in [-0.39, 0.29) is 24.3 Å². The summed E-state index contributed by atoms with van der Waals surface area (Å²) in [5.74, 6) is -2.15. The first-order valence-corrected chi connectivity index (χ1v) is 6.25. The number of carboxylic acid groups (broad SMARTS) is 1. The van der Waals surface area contributed by atoms with Crippen LogP contribution in [0.4, 0.5) is 0 Å². The van der Waals surface area contributed by atoms with Crippen LogP contribution in [0.3, 0.4) is 0 Å². The Bertz CT molecular complexity index is 523. The number of nitrogens with one attached hydrogen (secondary N) is 1. The molecule has 100 valence electrons. The van der Waals surface area contributed by atoms with E-state index in [0.717, 1.165) is 6.42 Å². The number of amides is 1. The lowest BCUT2D eigenvalue weighted by atomic mass is 9.82. The number of hydrogen-bond donors (Lipinski definition) is 2. The molecule has 1 aromatic rings. The quantitative estimate of drug-likeness (QED) is 0.783. The van der Waals surface area contributed by atoms with Crippen LogP contribution >= 0.6 is 0 Å². The van der Waals surface area contributed by atoms with Crippen molar-refractivity contribution in [1.82, 2.24) is 10.5 Å². The van der Waals surface area contributed by atoms with Crippen LogP contribution in [0.15, 0.2) is 29.0 Å². The molecule has 1 fully saturated rings. The maximum absolute atomic E-state index is 12.2. The van der Waals surface area contributed by atoms with Crippen molar-refractivity contribution in [2.45, 2.75) is 13.0 Å². The number of rotatable bonds is 4. The highest BCUT2D eigenvalue weighted by Crippen LogP contribution is 2.48. The summed E-state index contributed by atoms with van der Waals surface area (Å²) in [6.07, 6.45) is 6.08. The second kappa shape index (κ2) is 4.53. The van der Waals surface area contributed by atoms with Crippen LogP contribution < -0.4 is 5.32 Å². The van der Waals surface area contributed by atoms with Crippen molar-refractivity contribution >= 4 is 11.9 Å². The van der Waals surface area contributed by atoms with Gasteiger partial charge in [0.2, 0.25) is 5.91 Å². The SMILES string of the molecule is O=C(NCc1ccon1)[C@@H]1[C@H](C(=O)O)[C@H]2C=C[C@H]1C2. The molecule has 1 saturated carbocycles. The summed E-state index contributed by atoms with van der Waals surface area (Å²) in [6.45, 7) is 0.263. The average Bonchev–Trinajstić information content (AvgIpc) is 3.10. The zero-order chi connectivity index (χ0) is 13.4. The Hall–Kier alpha value is -2.11. The molecule has 2 bridgehead atoms. The molecule has 0 spiro atoms. The standard InChI is InChI=1S/C13H14N2O4/c16-12(14-6-9-3-4-19-15-9)10-7-1-2-8(5-7)11(10)13(17)18/h1-4,7-8,10-11H,5-6H2,(H,14,16)(H,17,18)/t7-,8-,10-,11+/m0/s1. The van der Waals surface area contributed by atoms with E-state index in [4.69, 9.17) is 0 Å². The molecule has 4 atom stereocenters. The predicted octanol–water partition coefficient (Wildman–Crippen LogP) is 0.814. The normalized spacial score (nSPS) is 31.6. The van der Waals surface area contributed by atoms with Gasteiger partial charge in [-0.1, -0.05) is 17.3 Å². The molecule has 2 aliphatic rings. The van der Waals surface area contributed by atoms with Gasteiger partial charge in [0.15, 0.2) is 0 Å². The smallest absolute Gasteiger partial charge is 0.307 e. The summed E-state index contributed by atoms with van der Waals surface area (Å²) in [7, 11) is 0. The monoisotopic (exact) mass is 262 g/mol. The third-order valence-electron chi connectivity index (χ3n) is 3.98. The summed E-state index contributed by atoms with van der Waals surface area (Å²) < 4.78 is 4.67. The van der Waals surface area contributed by atoms with E-state index in [1.165, 1.54) is 6.26 Å². The fraction of sp³-hybridized carbons (Fsp3) is 0.462. The van der Waals surface area contributed by atoms with Crippen molar-refractivity contribution in [1.29, 1.82) is 0 Å². The van der Waals surface area contributed by atoms with Crippen LogP contribution in [0, 0.1) is 23.7 Å². The fourth-order valence-corrected chi connectivity index (χ4v) is 3.14. The summed E-state index contributed by atoms with van der Waals surface area (Å²) in [5, 5.41) is 15.7. The molecule has 3 rings (SSSR count). The number of aliphatic carboxylic acids is 1. The van der Waals surface area contributed by atoms with Crippen molar-refractivity contribution < 1.29 is 19.2 Å². The van der Waals surface area contributed by atoms with Crippen LogP contribution in [0.5, 0.6) is 0 Å². The van der Waals surface area contributed by atoms with E-state index in [0.29, 0.717) is 5.69 Å². The number of carboxylic acids is 1. The topological polar surface area (TPSA) is 92.4 Å². The summed E-state index contributed by atoms with van der Waals surface area (Å²) in [6, 6.07) is 1.66. The Morgan fingerprint density at radius 1 is 1.37 bits per heavy atom. The van der Waals surface area contributed by atoms with E-state index >= 15 is 0 Å². The lowest BCUT2D eigenvalue weighted by molar-refractivity contribution is -0.147. The first-order valence-electron chi connectivity index (χ1n) is 6.25. The number of carbonyl (C=O) groups is 2. The molecule has 1 heterocycles. The van der Waals surface area contributed by atoms with Crippen LogP contribution in [0.2, 0.25) is 0 Å². The van der Waals surface area contributed by atoms with Gasteiger partial charge in [-0.15, -0.1) is 0 Å². The summed E-state index contributed by atoms with van der Waals surface area (Å²) in [5.41, 5.74) is 0.624. The lowest BCUT2D eigenvalue weighted by Gasteiger charge is -2.23. The second-order valence-electron chi connectivity index (χ2n) is 5.05. The van der Waals surface area contributed by atoms with Gasteiger partial charge < -0.3 is 14.9 Å². The van der Waals surface area contributed by atoms with E-state index in [2.05, 4.69) is 15.0 Å². The molecule has 2 aliphatic carbocycles. The van der Waals surface area contributed by atoms with Gasteiger partial charge in [-0.05, 0) is 18.3 Å². The first-order chi connectivity index (χ1) is 9.16. The molecular weight excluding hydrogens is 248 g/mol. The summed E-state index contributed by atoms with van der Waals surface area (Å²) in [4.78, 5) is 23.5. The molecule has 1 amide bonds. The number of fused-ring (bicyclic) bond motifs is 2. The van der Waals surface area contributed by atoms with Crippen molar-refractivity contribution in [2.24, 2.45) is 23.7 Å². The van der Waals surface area contributed by atoms with Crippen LogP contribution in [0.25, 0.3) is 0 Å². The Morgan fingerprint density at radius 3 is 2.74 bits per heavy atom. The zero-order valence-corrected chi connectivity index (χ0v) is 10.2. The molecule has 0 aromatic carbocycles. The molecule has 0 aliphatic heterocycles. The Balaban J connectivity index is 1.68. The minimum absolute atomic E-state index is 0.00898. The maximum atomic E-state index is 12.2. The Kier molecular flexibility index (Phi) is 2.85. The van der Waals surface area contributed by atoms with Crippen molar-refractivity contribution in [3.8, 4) is 0 Å². The van der Waals surface area contributed by atoms with E-state index in [9.17, 15) is 14.7 Å². The van der Waals surface area contributed by atoms with Gasteiger partial charge in [0.05, 0.1) is 18.4 Å². The predicted molar refractivity (Wildman–Crippen MR) is 63.7 cm³/mol. The van der Waals surface area contributed by atoms with Gasteiger partial charge >= 0.3 is 5.97 Å². The zero-order valence-electron chi connectivity index (χ0n) is 10.2. The molecule has 19 heavy (non-hydrogen) atoms. The minimum atomic E-state index is -0.890. The third-order valence-corrected chi connectivity index (χ3v) is 3.98. The van der Waals surface area contributed by atoms with Crippen molar-refractivity contribution in [3.05, 3.63) is 30.2 Å². The molecule has 1 aromatic heterocycles. The van der Waals surface area contributed by atoms with E-state index in [1.54, 1.807) is 6.07 Å². The first kappa shape index (κ1) is 12.0. The second-order valence-corrected chi connectivity index (χ2v) is 5.05. The lowest BCUT2D eigenvalue weighted by Crippen LogP contribution is -2.39. The van der Waals surface area contributed by atoms with Gasteiger partial charge in [-0.25, -0.2) is 0 Å². The third kappa shape index (κ3) is 2.03. The highest BCUT2D eigenvalue weighted by molar-refractivity contribution is 5.86. The largest absolute Gasteiger partial charge is 0.481 e. The van der Waals surface area contributed by atoms with Crippen molar-refractivity contribution in [3.63, 3.8) is 0 Å². The maximum Gasteiger partial charge on any atom is 0.307 e. The van der Waals surface area contributed by atoms with Gasteiger partial charge in [0.25, 0.3) is 0 Å². The highest BCUT2D eigenvalue weighted by atomic mass is 16.5. The van der Waals surface area contributed by atoms with E-state index < -0.39 is 17.8 Å². The summed E-state index contributed by atoms with van der Waals surface area (Å²) >= 11 is 0. The molecule has 0 saturated heterocycles. The molecule has 2 N–H and O–H groups in total. The number of carbonyl (C=O) groups excluding carboxylic acids is 1. The van der Waals surface area contributed by atoms with Gasteiger partial charge in [-0.2, -0.15) is 0 Å². The highest BCUT2D eigenvalue weighted by Gasteiger charge is 2.51. The molecule has 6 heteroatoms. The molecule has 0 unspecified atom stereocenters. The van der Waals surface area contributed by atoms with Crippen LogP contribution in [-0.4, -0.2) is 22.1 Å². The Labute approximate surface area is 109 Å². The van der Waals surface area contributed by atoms with Crippen molar-refractivity contribution in [2.75, 3.05) is 0 Å². The van der Waals surface area contributed by atoms with Gasteiger partial charge in [-0.3, -0.25) is 9.59 Å².